The van der Waals surface area contributed by atoms with Crippen LogP contribution in [0, 0.1) is 0 Å². The Kier molecular flexibility index (Phi) is 4.41. The summed E-state index contributed by atoms with van der Waals surface area (Å²) in [6.45, 7) is 2.15. The maximum absolute atomic E-state index is 10.0. The third kappa shape index (κ3) is 3.35. The molecule has 0 aliphatic rings. The smallest absolute Gasteiger partial charge is 0.0806 e. The first-order valence-corrected chi connectivity index (χ1v) is 5.63. The molecule has 0 radical (unpaired) electrons. The lowest BCUT2D eigenvalue weighted by atomic mass is 9.92. The summed E-state index contributed by atoms with van der Waals surface area (Å²) in [6.07, 6.45) is 1.11. The van der Waals surface area contributed by atoms with Crippen LogP contribution in [0.4, 0.5) is 0 Å². The summed E-state index contributed by atoms with van der Waals surface area (Å²) in [4.78, 5) is 0. The number of rotatable bonds is 4. The maximum Gasteiger partial charge on any atom is 0.0806 e. The molecule has 84 valence electrons. The summed E-state index contributed by atoms with van der Waals surface area (Å²) in [7, 11) is 0. The average Bonchev–Trinajstić information content (AvgIpc) is 2.23. The van der Waals surface area contributed by atoms with Gasteiger partial charge in [0.05, 0.1) is 15.6 Å². The van der Waals surface area contributed by atoms with Crippen molar-refractivity contribution >= 4 is 23.2 Å². The molecule has 1 aromatic rings. The third-order valence-electron chi connectivity index (χ3n) is 2.56. The van der Waals surface area contributed by atoms with Crippen LogP contribution in [0.15, 0.2) is 18.2 Å². The van der Waals surface area contributed by atoms with E-state index in [2.05, 4.69) is 0 Å². The van der Waals surface area contributed by atoms with E-state index in [4.69, 9.17) is 28.9 Å². The van der Waals surface area contributed by atoms with E-state index in [1.54, 1.807) is 12.1 Å². The van der Waals surface area contributed by atoms with Gasteiger partial charge in [-0.05, 0) is 24.1 Å². The van der Waals surface area contributed by atoms with Gasteiger partial charge in [0.15, 0.2) is 0 Å². The van der Waals surface area contributed by atoms with E-state index < -0.39 is 5.60 Å². The first kappa shape index (κ1) is 12.8. The van der Waals surface area contributed by atoms with Gasteiger partial charge < -0.3 is 10.8 Å². The molecule has 0 spiro atoms. The lowest BCUT2D eigenvalue weighted by molar-refractivity contribution is 0.0456. The maximum atomic E-state index is 10.0. The second-order valence-corrected chi connectivity index (χ2v) is 4.52. The minimum atomic E-state index is -0.850. The highest BCUT2D eigenvalue weighted by molar-refractivity contribution is 6.42. The van der Waals surface area contributed by atoms with Crippen molar-refractivity contribution in [3.63, 3.8) is 0 Å². The standard InChI is InChI=1S/C11H15Cl2NO/c1-2-11(15,7-14)6-8-3-4-9(12)10(13)5-8/h3-5,15H,2,6-7,14H2,1H3. The van der Waals surface area contributed by atoms with Crippen molar-refractivity contribution in [2.24, 2.45) is 5.73 Å². The first-order valence-electron chi connectivity index (χ1n) is 4.87. The molecule has 3 N–H and O–H groups in total. The van der Waals surface area contributed by atoms with Gasteiger partial charge in [-0.2, -0.15) is 0 Å². The molecule has 0 fully saturated rings. The number of benzene rings is 1. The van der Waals surface area contributed by atoms with Crippen LogP contribution >= 0.6 is 23.2 Å². The van der Waals surface area contributed by atoms with Gasteiger partial charge in [-0.25, -0.2) is 0 Å². The summed E-state index contributed by atoms with van der Waals surface area (Å²) < 4.78 is 0. The summed E-state index contributed by atoms with van der Waals surface area (Å²) in [5.74, 6) is 0. The van der Waals surface area contributed by atoms with Gasteiger partial charge in [0.2, 0.25) is 0 Å². The van der Waals surface area contributed by atoms with E-state index in [0.717, 1.165) is 5.56 Å². The molecule has 0 saturated heterocycles. The SMILES string of the molecule is CCC(O)(CN)Cc1ccc(Cl)c(Cl)c1. The Morgan fingerprint density at radius 3 is 2.47 bits per heavy atom. The van der Waals surface area contributed by atoms with E-state index >= 15 is 0 Å². The van der Waals surface area contributed by atoms with Crippen molar-refractivity contribution in [3.05, 3.63) is 33.8 Å². The van der Waals surface area contributed by atoms with Gasteiger partial charge in [0.1, 0.15) is 0 Å². The predicted molar refractivity (Wildman–Crippen MR) is 64.5 cm³/mol. The summed E-state index contributed by atoms with van der Waals surface area (Å²) >= 11 is 11.7. The van der Waals surface area contributed by atoms with Crippen LogP contribution in [0.2, 0.25) is 10.0 Å². The summed E-state index contributed by atoms with van der Waals surface area (Å²) in [6, 6.07) is 5.34. The van der Waals surface area contributed by atoms with Crippen LogP contribution < -0.4 is 5.73 Å². The van der Waals surface area contributed by atoms with Crippen molar-refractivity contribution < 1.29 is 5.11 Å². The van der Waals surface area contributed by atoms with Crippen molar-refractivity contribution in [3.8, 4) is 0 Å². The summed E-state index contributed by atoms with van der Waals surface area (Å²) in [5.41, 5.74) is 5.62. The van der Waals surface area contributed by atoms with Crippen LogP contribution in [-0.2, 0) is 6.42 Å². The second kappa shape index (κ2) is 5.17. The van der Waals surface area contributed by atoms with Gasteiger partial charge in [-0.15, -0.1) is 0 Å². The Morgan fingerprint density at radius 1 is 1.33 bits per heavy atom. The molecule has 1 aromatic carbocycles. The highest BCUT2D eigenvalue weighted by atomic mass is 35.5. The van der Waals surface area contributed by atoms with Gasteiger partial charge in [0.25, 0.3) is 0 Å². The molecule has 0 saturated carbocycles. The average molecular weight is 248 g/mol. The molecule has 4 heteroatoms. The molecular formula is C11H15Cl2NO. The number of hydrogen-bond acceptors (Lipinski definition) is 2. The molecule has 1 atom stereocenters. The van der Waals surface area contributed by atoms with Crippen LogP contribution in [0.3, 0.4) is 0 Å². The topological polar surface area (TPSA) is 46.2 Å². The molecule has 0 aliphatic carbocycles. The van der Waals surface area contributed by atoms with E-state index in [1.807, 2.05) is 13.0 Å². The Balaban J connectivity index is 2.85. The molecule has 2 nitrogen and oxygen atoms in total. The number of aliphatic hydroxyl groups is 1. The zero-order chi connectivity index (χ0) is 11.5. The molecule has 0 heterocycles. The van der Waals surface area contributed by atoms with Crippen LogP contribution in [-0.4, -0.2) is 17.3 Å². The lowest BCUT2D eigenvalue weighted by Gasteiger charge is -2.25. The number of halogens is 2. The third-order valence-corrected chi connectivity index (χ3v) is 3.29. The Hall–Kier alpha value is -0.280. The second-order valence-electron chi connectivity index (χ2n) is 3.71. The van der Waals surface area contributed by atoms with Gasteiger partial charge in [-0.3, -0.25) is 0 Å². The zero-order valence-electron chi connectivity index (χ0n) is 8.63. The molecule has 0 aromatic heterocycles. The Morgan fingerprint density at radius 2 is 2.00 bits per heavy atom. The zero-order valence-corrected chi connectivity index (χ0v) is 10.1. The lowest BCUT2D eigenvalue weighted by Crippen LogP contribution is -2.39. The predicted octanol–water partition coefficient (Wildman–Crippen LogP) is 2.64. The van der Waals surface area contributed by atoms with Crippen molar-refractivity contribution in [1.29, 1.82) is 0 Å². The minimum Gasteiger partial charge on any atom is -0.388 e. The molecular weight excluding hydrogens is 233 g/mol. The molecule has 0 aliphatic heterocycles. The molecule has 1 unspecified atom stereocenters. The van der Waals surface area contributed by atoms with E-state index in [9.17, 15) is 5.11 Å². The van der Waals surface area contributed by atoms with Crippen molar-refractivity contribution in [2.75, 3.05) is 6.54 Å². The molecule has 0 bridgehead atoms. The molecule has 0 amide bonds. The normalized spacial score (nSPS) is 15.0. The summed E-state index contributed by atoms with van der Waals surface area (Å²) in [5, 5.41) is 11.1. The van der Waals surface area contributed by atoms with Crippen LogP contribution in [0.25, 0.3) is 0 Å². The molecule has 15 heavy (non-hydrogen) atoms. The Bertz CT molecular complexity index is 337. The quantitative estimate of drug-likeness (QED) is 0.860. The van der Waals surface area contributed by atoms with E-state index in [1.165, 1.54) is 0 Å². The Labute approximate surface area is 100.0 Å². The van der Waals surface area contributed by atoms with Crippen LogP contribution in [0.1, 0.15) is 18.9 Å². The monoisotopic (exact) mass is 247 g/mol. The first-order chi connectivity index (χ1) is 7.00. The van der Waals surface area contributed by atoms with E-state index in [0.29, 0.717) is 22.9 Å². The van der Waals surface area contributed by atoms with Crippen molar-refractivity contribution in [1.82, 2.24) is 0 Å². The largest absolute Gasteiger partial charge is 0.388 e. The van der Waals surface area contributed by atoms with Gasteiger partial charge >= 0.3 is 0 Å². The van der Waals surface area contributed by atoms with Crippen molar-refractivity contribution in [2.45, 2.75) is 25.4 Å². The minimum absolute atomic E-state index is 0.240. The van der Waals surface area contributed by atoms with Crippen LogP contribution in [0.5, 0.6) is 0 Å². The fourth-order valence-corrected chi connectivity index (χ4v) is 1.69. The highest BCUT2D eigenvalue weighted by Gasteiger charge is 2.23. The number of nitrogens with two attached hydrogens (primary N) is 1. The molecule has 1 rings (SSSR count). The fourth-order valence-electron chi connectivity index (χ4n) is 1.37. The van der Waals surface area contributed by atoms with Gasteiger partial charge in [-0.1, -0.05) is 36.2 Å². The fraction of sp³-hybridized carbons (Fsp3) is 0.455. The van der Waals surface area contributed by atoms with E-state index in [-0.39, 0.29) is 6.54 Å². The van der Waals surface area contributed by atoms with Gasteiger partial charge in [0, 0.05) is 13.0 Å². The number of hydrogen-bond donors (Lipinski definition) is 2. The highest BCUT2D eigenvalue weighted by Crippen LogP contribution is 2.25.